The Morgan fingerprint density at radius 3 is 2.65 bits per heavy atom. The van der Waals surface area contributed by atoms with E-state index in [2.05, 4.69) is 20.6 Å². The van der Waals surface area contributed by atoms with E-state index >= 15 is 0 Å². The summed E-state index contributed by atoms with van der Waals surface area (Å²) >= 11 is 1.14. The lowest BCUT2D eigenvalue weighted by atomic mass is 10.1. The number of carbonyl (C=O) groups is 2. The Balaban J connectivity index is 1.92. The molecule has 126 valence electrons. The molecule has 0 radical (unpaired) electrons. The van der Waals surface area contributed by atoms with Crippen molar-refractivity contribution >= 4 is 23.6 Å². The van der Waals surface area contributed by atoms with Gasteiger partial charge in [0.1, 0.15) is 0 Å². The summed E-state index contributed by atoms with van der Waals surface area (Å²) in [5, 5.41) is 6.03. The summed E-state index contributed by atoms with van der Waals surface area (Å²) in [6, 6.07) is 1.59. The van der Waals surface area contributed by atoms with Crippen molar-refractivity contribution in [3.63, 3.8) is 0 Å². The molecule has 8 heteroatoms. The first kappa shape index (κ1) is 17.5. The minimum absolute atomic E-state index is 0.0716. The zero-order valence-electron chi connectivity index (χ0n) is 13.6. The number of aromatic amines is 1. The lowest BCUT2D eigenvalue weighted by Gasteiger charge is -2.20. The third-order valence-electron chi connectivity index (χ3n) is 2.91. The summed E-state index contributed by atoms with van der Waals surface area (Å²) in [6.07, 6.45) is 2.10. The van der Waals surface area contributed by atoms with Gasteiger partial charge in [0.25, 0.3) is 5.56 Å². The molecule has 1 aliphatic rings. The first-order valence-electron chi connectivity index (χ1n) is 7.55. The number of rotatable bonds is 6. The molecule has 0 unspecified atom stereocenters. The van der Waals surface area contributed by atoms with Gasteiger partial charge < -0.3 is 15.6 Å². The summed E-state index contributed by atoms with van der Waals surface area (Å²) in [5.41, 5.74) is -0.222. The average molecular weight is 338 g/mol. The molecule has 1 aromatic heterocycles. The van der Waals surface area contributed by atoms with Gasteiger partial charge >= 0.3 is 0 Å². The molecule has 7 nitrogen and oxygen atoms in total. The Morgan fingerprint density at radius 2 is 2.04 bits per heavy atom. The number of hydrogen-bond acceptors (Lipinski definition) is 5. The fraction of sp³-hybridized carbons (Fsp3) is 0.600. The van der Waals surface area contributed by atoms with E-state index in [1.165, 1.54) is 6.07 Å². The van der Waals surface area contributed by atoms with Crippen LogP contribution in [0.15, 0.2) is 16.0 Å². The van der Waals surface area contributed by atoms with Crippen LogP contribution < -0.4 is 16.2 Å². The van der Waals surface area contributed by atoms with Crippen LogP contribution >= 0.6 is 11.8 Å². The highest BCUT2D eigenvalue weighted by atomic mass is 32.2. The maximum atomic E-state index is 11.8. The van der Waals surface area contributed by atoms with Crippen LogP contribution in [0.2, 0.25) is 0 Å². The Kier molecular flexibility index (Phi) is 5.46. The van der Waals surface area contributed by atoms with Gasteiger partial charge in [-0.15, -0.1) is 0 Å². The molecule has 0 aromatic carbocycles. The third-order valence-corrected chi connectivity index (χ3v) is 3.78. The van der Waals surface area contributed by atoms with E-state index in [1.54, 1.807) is 0 Å². The highest BCUT2D eigenvalue weighted by molar-refractivity contribution is 7.99. The van der Waals surface area contributed by atoms with Crippen molar-refractivity contribution in [1.29, 1.82) is 0 Å². The summed E-state index contributed by atoms with van der Waals surface area (Å²) in [6.45, 7) is 5.69. The molecule has 0 saturated heterocycles. The third kappa shape index (κ3) is 6.85. The van der Waals surface area contributed by atoms with Crippen molar-refractivity contribution in [2.45, 2.75) is 56.8 Å². The van der Waals surface area contributed by atoms with Crippen LogP contribution in [0.25, 0.3) is 0 Å². The topological polar surface area (TPSA) is 104 Å². The summed E-state index contributed by atoms with van der Waals surface area (Å²) in [5.74, 6) is -0.119. The lowest BCUT2D eigenvalue weighted by molar-refractivity contribution is -0.121. The number of thioether (sulfide) groups is 1. The number of carbonyl (C=O) groups excluding carboxylic acids is 2. The molecule has 1 heterocycles. The standard InChI is InChI=1S/C15H22N4O3S/c1-15(2,3)19-13(22)8-23-14-17-10(7-12(21)18-14)6-11(20)16-9-4-5-9/h7,9H,4-6,8H2,1-3H3,(H,16,20)(H,19,22)(H,17,18,21). The fourth-order valence-corrected chi connectivity index (χ4v) is 2.60. The van der Waals surface area contributed by atoms with Gasteiger partial charge in [-0.2, -0.15) is 0 Å². The van der Waals surface area contributed by atoms with Crippen LogP contribution in [-0.4, -0.2) is 39.1 Å². The van der Waals surface area contributed by atoms with E-state index in [-0.39, 0.29) is 41.1 Å². The van der Waals surface area contributed by atoms with Crippen molar-refractivity contribution in [3.05, 3.63) is 22.1 Å². The van der Waals surface area contributed by atoms with Crippen LogP contribution in [0.4, 0.5) is 0 Å². The molecule has 0 aliphatic heterocycles. The summed E-state index contributed by atoms with van der Waals surface area (Å²) < 4.78 is 0. The highest BCUT2D eigenvalue weighted by Crippen LogP contribution is 2.18. The molecular weight excluding hydrogens is 316 g/mol. The molecule has 2 rings (SSSR count). The Labute approximate surface area is 139 Å². The number of nitrogens with zero attached hydrogens (tertiary/aromatic N) is 1. The van der Waals surface area contributed by atoms with Crippen LogP contribution in [0, 0.1) is 0 Å². The number of H-pyrrole nitrogens is 1. The Bertz CT molecular complexity index is 647. The van der Waals surface area contributed by atoms with Crippen LogP contribution in [0.5, 0.6) is 0 Å². The molecule has 1 aromatic rings. The van der Waals surface area contributed by atoms with Crippen molar-refractivity contribution < 1.29 is 9.59 Å². The SMILES string of the molecule is CC(C)(C)NC(=O)CSc1nc(CC(=O)NC2CC2)cc(=O)[nH]1. The van der Waals surface area contributed by atoms with E-state index in [9.17, 15) is 14.4 Å². The van der Waals surface area contributed by atoms with E-state index in [0.29, 0.717) is 10.9 Å². The normalized spacial score (nSPS) is 14.4. The van der Waals surface area contributed by atoms with Gasteiger partial charge in [-0.3, -0.25) is 14.4 Å². The van der Waals surface area contributed by atoms with Crippen molar-refractivity contribution in [1.82, 2.24) is 20.6 Å². The van der Waals surface area contributed by atoms with Gasteiger partial charge in [0.2, 0.25) is 11.8 Å². The largest absolute Gasteiger partial charge is 0.353 e. The molecule has 0 spiro atoms. The molecule has 2 amide bonds. The average Bonchev–Trinajstić information content (AvgIpc) is 3.17. The van der Waals surface area contributed by atoms with Gasteiger partial charge in [0, 0.05) is 17.6 Å². The highest BCUT2D eigenvalue weighted by Gasteiger charge is 2.23. The first-order chi connectivity index (χ1) is 10.7. The lowest BCUT2D eigenvalue weighted by Crippen LogP contribution is -2.41. The second-order valence-electron chi connectivity index (χ2n) is 6.65. The van der Waals surface area contributed by atoms with Gasteiger partial charge in [0.15, 0.2) is 5.16 Å². The minimum atomic E-state index is -0.326. The van der Waals surface area contributed by atoms with Gasteiger partial charge in [0.05, 0.1) is 17.9 Å². The van der Waals surface area contributed by atoms with Crippen molar-refractivity contribution in [3.8, 4) is 0 Å². The fourth-order valence-electron chi connectivity index (χ4n) is 1.90. The van der Waals surface area contributed by atoms with E-state index in [1.807, 2.05) is 20.8 Å². The summed E-state index contributed by atoms with van der Waals surface area (Å²) in [7, 11) is 0. The van der Waals surface area contributed by atoms with Gasteiger partial charge in [-0.05, 0) is 33.6 Å². The number of amides is 2. The molecule has 1 fully saturated rings. The number of nitrogens with one attached hydrogen (secondary N) is 3. The molecule has 0 bridgehead atoms. The Hall–Kier alpha value is -1.83. The van der Waals surface area contributed by atoms with Crippen molar-refractivity contribution in [2.75, 3.05) is 5.75 Å². The molecule has 23 heavy (non-hydrogen) atoms. The maximum Gasteiger partial charge on any atom is 0.251 e. The smallest absolute Gasteiger partial charge is 0.251 e. The zero-order valence-corrected chi connectivity index (χ0v) is 14.4. The number of hydrogen-bond donors (Lipinski definition) is 3. The van der Waals surface area contributed by atoms with Crippen molar-refractivity contribution in [2.24, 2.45) is 0 Å². The number of aromatic nitrogens is 2. The van der Waals surface area contributed by atoms with Crippen LogP contribution in [0.3, 0.4) is 0 Å². The molecule has 1 aliphatic carbocycles. The van der Waals surface area contributed by atoms with Gasteiger partial charge in [-0.25, -0.2) is 4.98 Å². The minimum Gasteiger partial charge on any atom is -0.353 e. The monoisotopic (exact) mass is 338 g/mol. The van der Waals surface area contributed by atoms with E-state index in [4.69, 9.17) is 0 Å². The predicted octanol–water partition coefficient (Wildman–Crippen LogP) is 0.598. The zero-order chi connectivity index (χ0) is 17.0. The van der Waals surface area contributed by atoms with Crippen LogP contribution in [-0.2, 0) is 16.0 Å². The van der Waals surface area contributed by atoms with Crippen LogP contribution in [0.1, 0.15) is 39.3 Å². The second kappa shape index (κ2) is 7.16. The molecule has 0 atom stereocenters. The predicted molar refractivity (Wildman–Crippen MR) is 88.3 cm³/mol. The first-order valence-corrected chi connectivity index (χ1v) is 8.53. The molecule has 3 N–H and O–H groups in total. The van der Waals surface area contributed by atoms with E-state index in [0.717, 1.165) is 24.6 Å². The molecule has 1 saturated carbocycles. The summed E-state index contributed by atoms with van der Waals surface area (Å²) in [4.78, 5) is 42.0. The van der Waals surface area contributed by atoms with E-state index < -0.39 is 0 Å². The molecular formula is C15H22N4O3S. The van der Waals surface area contributed by atoms with Gasteiger partial charge in [-0.1, -0.05) is 11.8 Å². The second-order valence-corrected chi connectivity index (χ2v) is 7.61. The Morgan fingerprint density at radius 1 is 1.35 bits per heavy atom. The quantitative estimate of drug-likeness (QED) is 0.520. The maximum absolute atomic E-state index is 11.8.